The van der Waals surface area contributed by atoms with Crippen molar-refractivity contribution in [1.82, 2.24) is 19.9 Å². The molecule has 6 nitrogen and oxygen atoms in total. The minimum atomic E-state index is -2.89. The fraction of sp³-hybridized carbons (Fsp3) is 0.308. The van der Waals surface area contributed by atoms with Crippen LogP contribution in [0.4, 0.5) is 24.8 Å². The van der Waals surface area contributed by atoms with Crippen molar-refractivity contribution in [3.8, 4) is 11.1 Å². The van der Waals surface area contributed by atoms with Gasteiger partial charge in [0.05, 0.1) is 17.0 Å². The average molecular weight is 479 g/mol. The van der Waals surface area contributed by atoms with E-state index in [1.807, 2.05) is 18.2 Å². The van der Waals surface area contributed by atoms with E-state index in [2.05, 4.69) is 25.2 Å². The van der Waals surface area contributed by atoms with Crippen LogP contribution in [0.2, 0.25) is 0 Å². The smallest absolute Gasteiger partial charge is 0.266 e. The molecule has 3 aromatic heterocycles. The lowest BCUT2D eigenvalue weighted by atomic mass is 10.0. The Balaban J connectivity index is 1.62. The van der Waals surface area contributed by atoms with Gasteiger partial charge < -0.3 is 10.2 Å². The van der Waals surface area contributed by atoms with Gasteiger partial charge in [0.25, 0.3) is 6.43 Å². The molecule has 0 spiro atoms. The number of anilines is 2. The van der Waals surface area contributed by atoms with E-state index in [-0.39, 0.29) is 5.56 Å². The first-order valence-electron chi connectivity index (χ1n) is 11.6. The van der Waals surface area contributed by atoms with Gasteiger partial charge in [0, 0.05) is 36.6 Å². The summed E-state index contributed by atoms with van der Waals surface area (Å²) in [6, 6.07) is 9.27. The Morgan fingerprint density at radius 2 is 1.69 bits per heavy atom. The van der Waals surface area contributed by atoms with Crippen LogP contribution in [-0.4, -0.2) is 33.0 Å². The monoisotopic (exact) mass is 478 g/mol. The largest absolute Gasteiger partial charge is 0.363 e. The lowest BCUT2D eigenvalue weighted by Gasteiger charge is -2.22. The third-order valence-electron chi connectivity index (χ3n) is 6.29. The average Bonchev–Trinajstić information content (AvgIpc) is 3.38. The summed E-state index contributed by atoms with van der Waals surface area (Å²) in [4.78, 5) is 20.4. The summed E-state index contributed by atoms with van der Waals surface area (Å²) in [5.41, 5.74) is 1.94. The molecule has 1 aliphatic rings. The zero-order chi connectivity index (χ0) is 24.5. The first kappa shape index (κ1) is 23.0. The zero-order valence-electron chi connectivity index (χ0n) is 19.5. The maximum absolute atomic E-state index is 14.8. The first-order chi connectivity index (χ1) is 16.9. The summed E-state index contributed by atoms with van der Waals surface area (Å²) in [5.74, 6) is 0.918. The molecule has 5 rings (SSSR count). The van der Waals surface area contributed by atoms with Gasteiger partial charge in [0.15, 0.2) is 5.65 Å². The second-order valence-corrected chi connectivity index (χ2v) is 8.70. The van der Waals surface area contributed by atoms with Crippen LogP contribution in [0, 0.1) is 12.7 Å². The minimum Gasteiger partial charge on any atom is -0.363 e. The van der Waals surface area contributed by atoms with Gasteiger partial charge in [-0.25, -0.2) is 28.1 Å². The number of pyridine rings is 2. The van der Waals surface area contributed by atoms with E-state index in [0.29, 0.717) is 22.7 Å². The summed E-state index contributed by atoms with van der Waals surface area (Å²) in [7, 11) is 0. The highest BCUT2D eigenvalue weighted by Gasteiger charge is 2.23. The van der Waals surface area contributed by atoms with E-state index in [0.717, 1.165) is 48.9 Å². The molecular weight excluding hydrogens is 453 g/mol. The van der Waals surface area contributed by atoms with Gasteiger partial charge in [0.1, 0.15) is 23.3 Å². The van der Waals surface area contributed by atoms with Crippen LogP contribution in [0.5, 0.6) is 0 Å². The van der Waals surface area contributed by atoms with Crippen molar-refractivity contribution >= 4 is 22.7 Å². The maximum atomic E-state index is 14.8. The van der Waals surface area contributed by atoms with E-state index < -0.39 is 23.8 Å². The Hall–Kier alpha value is -3.75. The molecule has 0 amide bonds. The molecule has 0 bridgehead atoms. The summed E-state index contributed by atoms with van der Waals surface area (Å²) < 4.78 is 41.3. The van der Waals surface area contributed by atoms with Crippen LogP contribution in [0.3, 0.4) is 0 Å². The third kappa shape index (κ3) is 4.50. The number of aryl methyl sites for hydroxylation is 1. The molecule has 4 heterocycles. The van der Waals surface area contributed by atoms with Crippen molar-refractivity contribution < 1.29 is 13.2 Å². The lowest BCUT2D eigenvalue weighted by Crippen LogP contribution is -2.20. The van der Waals surface area contributed by atoms with E-state index in [1.165, 1.54) is 12.1 Å². The summed E-state index contributed by atoms with van der Waals surface area (Å²) in [6.07, 6.45) is 2.79. The molecule has 9 heteroatoms. The fourth-order valence-electron chi connectivity index (χ4n) is 4.53. The van der Waals surface area contributed by atoms with E-state index in [1.54, 1.807) is 26.2 Å². The van der Waals surface area contributed by atoms with Crippen molar-refractivity contribution in [2.24, 2.45) is 0 Å². The molecule has 35 heavy (non-hydrogen) atoms. The normalized spacial score (nSPS) is 14.6. The van der Waals surface area contributed by atoms with Gasteiger partial charge in [-0.3, -0.25) is 4.98 Å². The van der Waals surface area contributed by atoms with Crippen LogP contribution >= 0.6 is 0 Å². The maximum Gasteiger partial charge on any atom is 0.266 e. The number of fused-ring (bicyclic) bond motifs is 1. The summed E-state index contributed by atoms with van der Waals surface area (Å²) >= 11 is 0. The van der Waals surface area contributed by atoms with Gasteiger partial charge in [-0.15, -0.1) is 0 Å². The van der Waals surface area contributed by atoms with Crippen molar-refractivity contribution in [1.29, 1.82) is 0 Å². The molecule has 1 aromatic carbocycles. The first-order valence-corrected chi connectivity index (χ1v) is 11.6. The predicted octanol–water partition coefficient (Wildman–Crippen LogP) is 6.25. The van der Waals surface area contributed by atoms with Gasteiger partial charge in [0.2, 0.25) is 0 Å². The van der Waals surface area contributed by atoms with Crippen LogP contribution in [0.25, 0.3) is 22.2 Å². The lowest BCUT2D eigenvalue weighted by molar-refractivity contribution is 0.146. The number of nitrogens with zero attached hydrogens (tertiary/aromatic N) is 5. The number of hydrogen-bond donors (Lipinski definition) is 1. The van der Waals surface area contributed by atoms with Crippen LogP contribution in [0.15, 0.2) is 48.8 Å². The van der Waals surface area contributed by atoms with Crippen LogP contribution in [-0.2, 0) is 0 Å². The Bertz CT molecular complexity index is 1360. The summed E-state index contributed by atoms with van der Waals surface area (Å²) in [5, 5.41) is 3.88. The molecule has 180 valence electrons. The molecule has 1 fully saturated rings. The van der Waals surface area contributed by atoms with E-state index in [9.17, 15) is 13.2 Å². The topological polar surface area (TPSA) is 66.8 Å². The highest BCUT2D eigenvalue weighted by atomic mass is 19.3. The molecule has 4 aromatic rings. The zero-order valence-corrected chi connectivity index (χ0v) is 19.5. The van der Waals surface area contributed by atoms with E-state index >= 15 is 0 Å². The van der Waals surface area contributed by atoms with Gasteiger partial charge in [-0.2, -0.15) is 0 Å². The molecule has 0 aliphatic carbocycles. The number of aromatic nitrogens is 4. The highest BCUT2D eigenvalue weighted by Crippen LogP contribution is 2.36. The Morgan fingerprint density at radius 3 is 2.40 bits per heavy atom. The number of rotatable bonds is 6. The molecule has 1 saturated heterocycles. The number of hydrogen-bond acceptors (Lipinski definition) is 6. The molecule has 1 atom stereocenters. The quantitative estimate of drug-likeness (QED) is 0.354. The van der Waals surface area contributed by atoms with Gasteiger partial charge >= 0.3 is 0 Å². The number of alkyl halides is 2. The van der Waals surface area contributed by atoms with Crippen molar-refractivity contribution in [3.63, 3.8) is 0 Å². The third-order valence-corrected chi connectivity index (χ3v) is 6.29. The standard InChI is InChI=1S/C26H25F3N6/c1-15(18-6-5-7-19(22(18)27)23(28)29)31-24-21-14-20(17-8-10-30-11-9-17)26(35-12-3-4-13-35)34-25(21)33-16(2)32-24/h5-11,14-15,23H,3-4,12-13H2,1-2H3,(H,31,32,33,34)/t15-/m1/s1. The Kier molecular flexibility index (Phi) is 6.23. The number of benzene rings is 1. The Morgan fingerprint density at radius 1 is 0.971 bits per heavy atom. The summed E-state index contributed by atoms with van der Waals surface area (Å²) in [6.45, 7) is 5.32. The Labute approximate surface area is 201 Å². The van der Waals surface area contributed by atoms with Gasteiger partial charge in [-0.05, 0) is 50.5 Å². The molecule has 0 saturated carbocycles. The van der Waals surface area contributed by atoms with Gasteiger partial charge in [-0.1, -0.05) is 18.2 Å². The van der Waals surface area contributed by atoms with Crippen molar-refractivity contribution in [2.75, 3.05) is 23.3 Å². The number of nitrogens with one attached hydrogen (secondary N) is 1. The predicted molar refractivity (Wildman–Crippen MR) is 130 cm³/mol. The van der Waals surface area contributed by atoms with E-state index in [4.69, 9.17) is 4.98 Å². The second-order valence-electron chi connectivity index (χ2n) is 8.70. The van der Waals surface area contributed by atoms with Crippen molar-refractivity contribution in [2.45, 2.75) is 39.2 Å². The molecule has 1 N–H and O–H groups in total. The SMILES string of the molecule is Cc1nc(N[C@H](C)c2cccc(C(F)F)c2F)c2cc(-c3ccncc3)c(N3CCCC3)nc2n1. The molecule has 1 aliphatic heterocycles. The molecular formula is C26H25F3N6. The second kappa shape index (κ2) is 9.48. The fourth-order valence-corrected chi connectivity index (χ4v) is 4.53. The minimum absolute atomic E-state index is 0.142. The van der Waals surface area contributed by atoms with Crippen LogP contribution in [0.1, 0.15) is 49.2 Å². The molecule has 0 unspecified atom stereocenters. The number of halogens is 3. The molecule has 0 radical (unpaired) electrons. The highest BCUT2D eigenvalue weighted by molar-refractivity contribution is 5.94. The van der Waals surface area contributed by atoms with Crippen molar-refractivity contribution in [3.05, 3.63) is 71.6 Å². The van der Waals surface area contributed by atoms with Crippen LogP contribution < -0.4 is 10.2 Å².